The van der Waals surface area contributed by atoms with E-state index in [0.717, 1.165) is 11.3 Å². The highest BCUT2D eigenvalue weighted by Crippen LogP contribution is 2.40. The summed E-state index contributed by atoms with van der Waals surface area (Å²) < 4.78 is 5.96. The molecule has 1 amide bonds. The van der Waals surface area contributed by atoms with Crippen LogP contribution in [0.2, 0.25) is 0 Å². The second-order valence-corrected chi connectivity index (χ2v) is 5.63. The first-order valence-electron chi connectivity index (χ1n) is 7.84. The molecule has 1 saturated heterocycles. The number of aromatic nitrogens is 1. The summed E-state index contributed by atoms with van der Waals surface area (Å²) >= 11 is 0. The van der Waals surface area contributed by atoms with Crippen molar-refractivity contribution >= 4 is 11.6 Å². The summed E-state index contributed by atoms with van der Waals surface area (Å²) in [5.74, 6) is 0.649. The molecule has 1 aliphatic rings. The Morgan fingerprint density at radius 1 is 0.875 bits per heavy atom. The molecule has 4 heteroatoms. The van der Waals surface area contributed by atoms with E-state index in [1.54, 1.807) is 17.3 Å². The van der Waals surface area contributed by atoms with Crippen molar-refractivity contribution in [2.75, 3.05) is 4.90 Å². The Kier molecular flexibility index (Phi) is 3.71. The van der Waals surface area contributed by atoms with E-state index in [9.17, 15) is 4.79 Å². The lowest BCUT2D eigenvalue weighted by molar-refractivity contribution is -0.135. The Bertz CT molecular complexity index is 822. The lowest BCUT2D eigenvalue weighted by Gasteiger charge is -2.46. The summed E-state index contributed by atoms with van der Waals surface area (Å²) in [4.78, 5) is 18.7. The number of pyridine rings is 1. The van der Waals surface area contributed by atoms with Gasteiger partial charge in [-0.25, -0.2) is 0 Å². The van der Waals surface area contributed by atoms with Crippen LogP contribution in [-0.4, -0.2) is 17.0 Å². The van der Waals surface area contributed by atoms with E-state index in [-0.39, 0.29) is 11.9 Å². The van der Waals surface area contributed by atoms with Gasteiger partial charge in [-0.2, -0.15) is 0 Å². The number of hydrogen-bond donors (Lipinski definition) is 0. The molecule has 2 unspecified atom stereocenters. The van der Waals surface area contributed by atoms with Crippen LogP contribution < -0.4 is 9.64 Å². The van der Waals surface area contributed by atoms with Gasteiger partial charge >= 0.3 is 0 Å². The molecular weight excluding hydrogens is 300 g/mol. The number of carbonyl (C=O) groups excluding carboxylic acids is 1. The number of nitrogens with zero attached hydrogens (tertiary/aromatic N) is 2. The summed E-state index contributed by atoms with van der Waals surface area (Å²) in [6, 6.07) is 22.7. The van der Waals surface area contributed by atoms with Crippen molar-refractivity contribution in [3.05, 3.63) is 90.8 Å². The Hall–Kier alpha value is -3.14. The molecule has 3 aromatic rings. The highest BCUT2D eigenvalue weighted by molar-refractivity contribution is 6.05. The van der Waals surface area contributed by atoms with Crippen LogP contribution in [0.15, 0.2) is 85.2 Å². The maximum atomic E-state index is 12.7. The minimum Gasteiger partial charge on any atom is -0.478 e. The summed E-state index contributed by atoms with van der Waals surface area (Å²) in [5.41, 5.74) is 1.83. The molecule has 24 heavy (non-hydrogen) atoms. The van der Waals surface area contributed by atoms with Crippen molar-refractivity contribution in [3.8, 4) is 5.75 Å². The van der Waals surface area contributed by atoms with Gasteiger partial charge in [0.15, 0.2) is 0 Å². The normalized spacial score (nSPS) is 19.7. The van der Waals surface area contributed by atoms with Gasteiger partial charge in [0, 0.05) is 18.1 Å². The van der Waals surface area contributed by atoms with Gasteiger partial charge in [0.2, 0.25) is 6.10 Å². The molecule has 2 atom stereocenters. The Morgan fingerprint density at radius 3 is 2.25 bits per heavy atom. The van der Waals surface area contributed by atoms with Crippen LogP contribution in [-0.2, 0) is 4.79 Å². The fraction of sp³-hybridized carbons (Fsp3) is 0.100. The van der Waals surface area contributed by atoms with E-state index in [4.69, 9.17) is 4.74 Å². The average Bonchev–Trinajstić information content (AvgIpc) is 2.66. The number of benzene rings is 2. The maximum Gasteiger partial charge on any atom is 0.271 e. The SMILES string of the molecule is O=C1C(Oc2ccccc2)C(c2cccnc2)N1c1ccccc1. The topological polar surface area (TPSA) is 42.4 Å². The number of hydrogen-bond acceptors (Lipinski definition) is 3. The number of carbonyl (C=O) groups is 1. The molecular formula is C20H16N2O2. The molecule has 4 nitrogen and oxygen atoms in total. The predicted molar refractivity (Wildman–Crippen MR) is 91.8 cm³/mol. The van der Waals surface area contributed by atoms with Crippen LogP contribution >= 0.6 is 0 Å². The number of para-hydroxylation sites is 2. The van der Waals surface area contributed by atoms with Crippen molar-refractivity contribution in [1.29, 1.82) is 0 Å². The smallest absolute Gasteiger partial charge is 0.271 e. The molecule has 2 aromatic carbocycles. The molecule has 0 saturated carbocycles. The fourth-order valence-corrected chi connectivity index (χ4v) is 2.97. The average molecular weight is 316 g/mol. The van der Waals surface area contributed by atoms with E-state index in [1.807, 2.05) is 72.8 Å². The number of amides is 1. The van der Waals surface area contributed by atoms with Gasteiger partial charge in [-0.05, 0) is 35.9 Å². The van der Waals surface area contributed by atoms with Crippen LogP contribution in [0.3, 0.4) is 0 Å². The van der Waals surface area contributed by atoms with Crippen molar-refractivity contribution in [2.45, 2.75) is 12.1 Å². The molecule has 118 valence electrons. The molecule has 4 rings (SSSR count). The molecule has 2 heterocycles. The molecule has 1 aromatic heterocycles. The summed E-state index contributed by atoms with van der Waals surface area (Å²) in [5, 5.41) is 0. The first kappa shape index (κ1) is 14.5. The van der Waals surface area contributed by atoms with Crippen LogP contribution in [0.1, 0.15) is 11.6 Å². The van der Waals surface area contributed by atoms with Crippen molar-refractivity contribution < 1.29 is 9.53 Å². The fourth-order valence-electron chi connectivity index (χ4n) is 2.97. The van der Waals surface area contributed by atoms with Crippen LogP contribution in [0.4, 0.5) is 5.69 Å². The lowest BCUT2D eigenvalue weighted by Crippen LogP contribution is -2.61. The standard InChI is InChI=1S/C20H16N2O2/c23-20-19(24-17-11-5-2-6-12-17)18(15-8-7-13-21-14-15)22(20)16-9-3-1-4-10-16/h1-14,18-19H. The van der Waals surface area contributed by atoms with Crippen LogP contribution in [0, 0.1) is 0 Å². The second kappa shape index (κ2) is 6.16. The summed E-state index contributed by atoms with van der Waals surface area (Å²) in [6.07, 6.45) is 2.97. The third-order valence-corrected chi connectivity index (χ3v) is 4.11. The van der Waals surface area contributed by atoms with Gasteiger partial charge in [0.05, 0.1) is 0 Å². The number of rotatable bonds is 4. The van der Waals surface area contributed by atoms with Gasteiger partial charge < -0.3 is 4.74 Å². The van der Waals surface area contributed by atoms with Crippen LogP contribution in [0.5, 0.6) is 5.75 Å². The van der Waals surface area contributed by atoms with Gasteiger partial charge in [0.25, 0.3) is 5.91 Å². The molecule has 1 fully saturated rings. The Labute approximate surface area is 140 Å². The Morgan fingerprint density at radius 2 is 1.58 bits per heavy atom. The zero-order valence-electron chi connectivity index (χ0n) is 12.9. The number of anilines is 1. The molecule has 0 aliphatic carbocycles. The largest absolute Gasteiger partial charge is 0.478 e. The molecule has 0 radical (unpaired) electrons. The van der Waals surface area contributed by atoms with Crippen molar-refractivity contribution in [1.82, 2.24) is 4.98 Å². The second-order valence-electron chi connectivity index (χ2n) is 5.63. The highest BCUT2D eigenvalue weighted by Gasteiger charge is 2.51. The molecule has 0 N–H and O–H groups in total. The van der Waals surface area contributed by atoms with Crippen molar-refractivity contribution in [2.24, 2.45) is 0 Å². The molecule has 1 aliphatic heterocycles. The highest BCUT2D eigenvalue weighted by atomic mass is 16.5. The zero-order chi connectivity index (χ0) is 16.4. The van der Waals surface area contributed by atoms with E-state index in [1.165, 1.54) is 0 Å². The van der Waals surface area contributed by atoms with Gasteiger partial charge in [-0.15, -0.1) is 0 Å². The number of β-lactam (4-membered cyclic amide) rings is 1. The van der Waals surface area contributed by atoms with Crippen molar-refractivity contribution in [3.63, 3.8) is 0 Å². The summed E-state index contributed by atoms with van der Waals surface area (Å²) in [6.45, 7) is 0. The maximum absolute atomic E-state index is 12.7. The van der Waals surface area contributed by atoms with E-state index in [2.05, 4.69) is 4.98 Å². The van der Waals surface area contributed by atoms with E-state index < -0.39 is 6.10 Å². The first-order chi connectivity index (χ1) is 11.8. The third-order valence-electron chi connectivity index (χ3n) is 4.11. The monoisotopic (exact) mass is 316 g/mol. The summed E-state index contributed by atoms with van der Waals surface area (Å²) in [7, 11) is 0. The Balaban J connectivity index is 1.68. The zero-order valence-corrected chi connectivity index (χ0v) is 12.9. The lowest BCUT2D eigenvalue weighted by atomic mass is 9.90. The van der Waals surface area contributed by atoms with Gasteiger partial charge in [-0.3, -0.25) is 14.7 Å². The van der Waals surface area contributed by atoms with Crippen LogP contribution in [0.25, 0.3) is 0 Å². The third kappa shape index (κ3) is 2.52. The minimum absolute atomic E-state index is 0.0427. The van der Waals surface area contributed by atoms with Gasteiger partial charge in [0.1, 0.15) is 11.8 Å². The van der Waals surface area contributed by atoms with E-state index >= 15 is 0 Å². The van der Waals surface area contributed by atoms with E-state index in [0.29, 0.717) is 5.75 Å². The molecule has 0 bridgehead atoms. The number of ether oxygens (including phenoxy) is 1. The quantitative estimate of drug-likeness (QED) is 0.690. The first-order valence-corrected chi connectivity index (χ1v) is 7.84. The minimum atomic E-state index is -0.545. The molecule has 0 spiro atoms. The van der Waals surface area contributed by atoms with Gasteiger partial charge in [-0.1, -0.05) is 42.5 Å². The predicted octanol–water partition coefficient (Wildman–Crippen LogP) is 3.62.